The summed E-state index contributed by atoms with van der Waals surface area (Å²) in [4.78, 5) is 0. The lowest BCUT2D eigenvalue weighted by molar-refractivity contribution is 0.906. The molecule has 0 aliphatic carbocycles. The van der Waals surface area contributed by atoms with Crippen LogP contribution in [0.3, 0.4) is 0 Å². The topological polar surface area (TPSA) is 26.0 Å². The molecule has 0 radical (unpaired) electrons. The largest absolute Gasteiger partial charge is 0.333 e. The highest BCUT2D eigenvalue weighted by Crippen LogP contribution is 2.24. The first kappa shape index (κ1) is 12.2. The summed E-state index contributed by atoms with van der Waals surface area (Å²) in [7, 11) is -0.992. The van der Waals surface area contributed by atoms with Crippen LogP contribution in [0.25, 0.3) is 0 Å². The van der Waals surface area contributed by atoms with E-state index in [-0.39, 0.29) is 0 Å². The van der Waals surface area contributed by atoms with Crippen molar-refractivity contribution in [2.45, 2.75) is 58.2 Å². The average molecular weight is 187 g/mol. The maximum atomic E-state index is 5.93. The van der Waals surface area contributed by atoms with Gasteiger partial charge in [-0.05, 0) is 6.17 Å². The molecular weight excluding hydrogens is 162 g/mol. The molecule has 0 aromatic rings. The first-order chi connectivity index (χ1) is 5.74. The molecule has 0 aliphatic heterocycles. The van der Waals surface area contributed by atoms with E-state index in [1.807, 2.05) is 0 Å². The second kappa shape index (κ2) is 6.67. The molecule has 0 rings (SSSR count). The van der Waals surface area contributed by atoms with E-state index in [2.05, 4.69) is 20.8 Å². The van der Waals surface area contributed by atoms with Crippen molar-refractivity contribution in [1.82, 2.24) is 0 Å². The lowest BCUT2D eigenvalue weighted by atomic mass is 10.5. The minimum absolute atomic E-state index is 0.992. The van der Waals surface area contributed by atoms with Crippen LogP contribution in [0, 0.1) is 0 Å². The van der Waals surface area contributed by atoms with Gasteiger partial charge in [0, 0.05) is 0 Å². The fourth-order valence-electron chi connectivity index (χ4n) is 2.27. The molecule has 2 heteroatoms. The number of hydrogen-bond donors (Lipinski definition) is 1. The van der Waals surface area contributed by atoms with Crippen LogP contribution in [-0.4, -0.2) is 14.2 Å². The smallest absolute Gasteiger partial charge is 0.0683 e. The van der Waals surface area contributed by atoms with Crippen LogP contribution in [0.2, 0.25) is 18.1 Å². The predicted molar refractivity (Wildman–Crippen MR) is 60.1 cm³/mol. The quantitative estimate of drug-likeness (QED) is 0.609. The SMILES string of the molecule is CCC[Si](CN)(CCC)CCC. The summed E-state index contributed by atoms with van der Waals surface area (Å²) < 4.78 is 0. The van der Waals surface area contributed by atoms with Crippen LogP contribution < -0.4 is 5.73 Å². The normalized spacial score (nSPS) is 12.0. The molecule has 0 saturated carbocycles. The molecule has 0 amide bonds. The van der Waals surface area contributed by atoms with Gasteiger partial charge in [0.05, 0.1) is 8.07 Å². The minimum atomic E-state index is -0.992. The standard InChI is InChI=1S/C10H25NSi/c1-4-7-12(10-11,8-5-2)9-6-3/h4-11H2,1-3H3. The van der Waals surface area contributed by atoms with Crippen molar-refractivity contribution in [2.75, 3.05) is 6.17 Å². The Morgan fingerprint density at radius 3 is 1.33 bits per heavy atom. The van der Waals surface area contributed by atoms with Crippen molar-refractivity contribution in [3.05, 3.63) is 0 Å². The molecule has 0 fully saturated rings. The Bertz CT molecular complexity index is 87.0. The molecule has 2 N–H and O–H groups in total. The lowest BCUT2D eigenvalue weighted by Gasteiger charge is -2.29. The molecular formula is C10H25NSi. The van der Waals surface area contributed by atoms with Crippen molar-refractivity contribution in [2.24, 2.45) is 5.73 Å². The summed E-state index contributed by atoms with van der Waals surface area (Å²) in [6.07, 6.45) is 5.03. The summed E-state index contributed by atoms with van der Waals surface area (Å²) in [5.41, 5.74) is 5.93. The molecule has 74 valence electrons. The van der Waals surface area contributed by atoms with Crippen molar-refractivity contribution < 1.29 is 0 Å². The molecule has 0 aliphatic rings. The van der Waals surface area contributed by atoms with Crippen LogP contribution in [0.5, 0.6) is 0 Å². The maximum absolute atomic E-state index is 5.93. The number of rotatable bonds is 7. The van der Waals surface area contributed by atoms with Crippen molar-refractivity contribution in [3.63, 3.8) is 0 Å². The molecule has 0 heterocycles. The molecule has 0 saturated heterocycles. The molecule has 0 bridgehead atoms. The Morgan fingerprint density at radius 1 is 0.833 bits per heavy atom. The fourth-order valence-corrected chi connectivity index (χ4v) is 6.82. The van der Waals surface area contributed by atoms with E-state index in [1.165, 1.54) is 37.4 Å². The fraction of sp³-hybridized carbons (Fsp3) is 1.00. The number of nitrogens with two attached hydrogens (primary N) is 1. The van der Waals surface area contributed by atoms with Gasteiger partial charge in [0.25, 0.3) is 0 Å². The zero-order valence-electron chi connectivity index (χ0n) is 9.03. The molecule has 0 atom stereocenters. The highest BCUT2D eigenvalue weighted by molar-refractivity contribution is 6.80. The summed E-state index contributed by atoms with van der Waals surface area (Å²) >= 11 is 0. The summed E-state index contributed by atoms with van der Waals surface area (Å²) in [6, 6.07) is 4.35. The molecule has 0 unspecified atom stereocenters. The summed E-state index contributed by atoms with van der Waals surface area (Å²) in [6.45, 7) is 6.88. The predicted octanol–water partition coefficient (Wildman–Crippen LogP) is 3.16. The van der Waals surface area contributed by atoms with Crippen LogP contribution in [0.1, 0.15) is 40.0 Å². The third-order valence-electron chi connectivity index (χ3n) is 2.77. The van der Waals surface area contributed by atoms with Crippen molar-refractivity contribution in [3.8, 4) is 0 Å². The molecule has 12 heavy (non-hydrogen) atoms. The van der Waals surface area contributed by atoms with Crippen LogP contribution in [0.4, 0.5) is 0 Å². The average Bonchev–Trinajstić information content (AvgIpc) is 2.06. The first-order valence-corrected chi connectivity index (χ1v) is 8.27. The Morgan fingerprint density at radius 2 is 1.17 bits per heavy atom. The highest BCUT2D eigenvalue weighted by atomic mass is 28.3. The Hall–Kier alpha value is 0.177. The number of hydrogen-bond acceptors (Lipinski definition) is 1. The van der Waals surface area contributed by atoms with Gasteiger partial charge in [-0.2, -0.15) is 0 Å². The van der Waals surface area contributed by atoms with Crippen LogP contribution in [0.15, 0.2) is 0 Å². The van der Waals surface area contributed by atoms with Crippen LogP contribution >= 0.6 is 0 Å². The van der Waals surface area contributed by atoms with Gasteiger partial charge in [-0.1, -0.05) is 58.2 Å². The van der Waals surface area contributed by atoms with Gasteiger partial charge >= 0.3 is 0 Å². The van der Waals surface area contributed by atoms with E-state index in [0.29, 0.717) is 0 Å². The molecule has 0 spiro atoms. The van der Waals surface area contributed by atoms with E-state index in [9.17, 15) is 0 Å². The molecule has 0 aromatic heterocycles. The maximum Gasteiger partial charge on any atom is 0.0683 e. The Kier molecular flexibility index (Phi) is 6.77. The van der Waals surface area contributed by atoms with E-state index < -0.39 is 8.07 Å². The van der Waals surface area contributed by atoms with Gasteiger partial charge in [0.1, 0.15) is 0 Å². The molecule has 0 aromatic carbocycles. The van der Waals surface area contributed by atoms with Gasteiger partial charge in [-0.25, -0.2) is 0 Å². The van der Waals surface area contributed by atoms with Gasteiger partial charge < -0.3 is 5.73 Å². The zero-order valence-corrected chi connectivity index (χ0v) is 10.0. The van der Waals surface area contributed by atoms with Gasteiger partial charge in [-0.3, -0.25) is 0 Å². The van der Waals surface area contributed by atoms with E-state index in [1.54, 1.807) is 0 Å². The lowest BCUT2D eigenvalue weighted by Crippen LogP contribution is -2.42. The van der Waals surface area contributed by atoms with E-state index in [0.717, 1.165) is 6.17 Å². The van der Waals surface area contributed by atoms with Gasteiger partial charge in [0.2, 0.25) is 0 Å². The van der Waals surface area contributed by atoms with E-state index in [4.69, 9.17) is 5.73 Å². The third-order valence-corrected chi connectivity index (χ3v) is 8.32. The highest BCUT2D eigenvalue weighted by Gasteiger charge is 2.27. The second-order valence-corrected chi connectivity index (χ2v) is 8.86. The first-order valence-electron chi connectivity index (χ1n) is 5.44. The Balaban J connectivity index is 4.06. The van der Waals surface area contributed by atoms with E-state index >= 15 is 0 Å². The summed E-state index contributed by atoms with van der Waals surface area (Å²) in [5.74, 6) is 0. The van der Waals surface area contributed by atoms with Crippen LogP contribution in [-0.2, 0) is 0 Å². The van der Waals surface area contributed by atoms with Crippen molar-refractivity contribution >= 4 is 8.07 Å². The van der Waals surface area contributed by atoms with Gasteiger partial charge in [-0.15, -0.1) is 0 Å². The third kappa shape index (κ3) is 3.72. The summed E-state index contributed by atoms with van der Waals surface area (Å²) in [5, 5.41) is 0. The molecule has 1 nitrogen and oxygen atoms in total. The Labute approximate surface area is 78.7 Å². The monoisotopic (exact) mass is 187 g/mol. The zero-order chi connectivity index (χ0) is 9.45. The second-order valence-electron chi connectivity index (χ2n) is 3.95. The van der Waals surface area contributed by atoms with Gasteiger partial charge in [0.15, 0.2) is 0 Å². The minimum Gasteiger partial charge on any atom is -0.333 e. The van der Waals surface area contributed by atoms with Crippen molar-refractivity contribution in [1.29, 1.82) is 0 Å².